The first kappa shape index (κ1) is 58.5. The third-order valence-corrected chi connectivity index (χ3v) is 17.4. The van der Waals surface area contributed by atoms with Crippen molar-refractivity contribution in [1.29, 1.82) is 10.5 Å². The Bertz CT molecular complexity index is 4420. The van der Waals surface area contributed by atoms with Crippen molar-refractivity contribution in [2.24, 2.45) is 0 Å². The normalized spacial score (nSPS) is 12.2. The van der Waals surface area contributed by atoms with Crippen LogP contribution in [0.2, 0.25) is 0 Å². The summed E-state index contributed by atoms with van der Waals surface area (Å²) >= 11 is 0. The molecule has 12 aromatic carbocycles. The third kappa shape index (κ3) is 10.9. The number of hydrogen-bond acceptors (Lipinski definition) is 4. The Morgan fingerprint density at radius 3 is 0.932 bits per heavy atom. The molecule has 0 bridgehead atoms. The first-order chi connectivity index (χ1) is 41.9. The molecule has 0 amide bonds. The minimum absolute atomic E-state index is 0.0645. The molecule has 0 aliphatic rings. The summed E-state index contributed by atoms with van der Waals surface area (Å²) in [5.41, 5.74) is 14.7. The van der Waals surface area contributed by atoms with Crippen molar-refractivity contribution in [3.8, 4) is 56.6 Å². The van der Waals surface area contributed by atoms with Crippen LogP contribution in [0.4, 0.5) is 42.9 Å². The van der Waals surface area contributed by atoms with Crippen LogP contribution in [0, 0.1) is 34.3 Å². The van der Waals surface area contributed by atoms with Gasteiger partial charge in [0.25, 0.3) is 0 Å². The highest BCUT2D eigenvalue weighted by Crippen LogP contribution is 2.52. The lowest BCUT2D eigenvalue weighted by atomic mass is 9.85. The first-order valence-corrected chi connectivity index (χ1v) is 30.3. The quantitative estimate of drug-likeness (QED) is 0.128. The Labute approximate surface area is 517 Å². The van der Waals surface area contributed by atoms with Crippen LogP contribution >= 0.6 is 0 Å². The van der Waals surface area contributed by atoms with E-state index in [9.17, 15) is 10.5 Å². The number of nitriles is 2. The van der Waals surface area contributed by atoms with Gasteiger partial charge in [-0.3, -0.25) is 0 Å². The molecule has 12 rings (SSSR count). The van der Waals surface area contributed by atoms with Crippen molar-refractivity contribution in [1.82, 2.24) is 0 Å². The Morgan fingerprint density at radius 2 is 0.625 bits per heavy atom. The molecule has 0 saturated carbocycles. The zero-order chi connectivity index (χ0) is 62.2. The molecule has 434 valence electrons. The highest BCUT2D eigenvalue weighted by Gasteiger charge is 2.30. The second-order valence-corrected chi connectivity index (χ2v) is 27.6. The van der Waals surface area contributed by atoms with E-state index in [1.54, 1.807) is 24.3 Å². The maximum atomic E-state index is 18.4. The second-order valence-electron chi connectivity index (χ2n) is 27.6. The zero-order valence-electron chi connectivity index (χ0n) is 52.3. The first-order valence-electron chi connectivity index (χ1n) is 30.3. The fourth-order valence-electron chi connectivity index (χ4n) is 12.4. The van der Waals surface area contributed by atoms with Gasteiger partial charge in [0, 0.05) is 33.3 Å². The Hall–Kier alpha value is -9.88. The average Bonchev–Trinajstić information content (AvgIpc) is 0.736. The molecular formula is C82H72F2N4. The van der Waals surface area contributed by atoms with Gasteiger partial charge in [-0.15, -0.1) is 0 Å². The van der Waals surface area contributed by atoms with E-state index in [0.717, 1.165) is 76.8 Å². The van der Waals surface area contributed by atoms with Gasteiger partial charge in [-0.2, -0.15) is 10.5 Å². The summed E-state index contributed by atoms with van der Waals surface area (Å²) in [5.74, 6) is -0.867. The summed E-state index contributed by atoms with van der Waals surface area (Å²) in [4.78, 5) is 3.96. The fraction of sp³-hybridized carbons (Fsp3) is 0.195. The number of rotatable bonds is 10. The van der Waals surface area contributed by atoms with Crippen LogP contribution in [0.1, 0.15) is 116 Å². The lowest BCUT2D eigenvalue weighted by Gasteiger charge is -2.32. The van der Waals surface area contributed by atoms with Crippen LogP contribution < -0.4 is 9.80 Å². The molecule has 88 heavy (non-hydrogen) atoms. The molecule has 6 heteroatoms. The van der Waals surface area contributed by atoms with Gasteiger partial charge < -0.3 is 9.80 Å². The lowest BCUT2D eigenvalue weighted by Crippen LogP contribution is -2.15. The number of hydrogen-bond donors (Lipinski definition) is 0. The van der Waals surface area contributed by atoms with Crippen molar-refractivity contribution in [3.05, 3.63) is 263 Å². The van der Waals surface area contributed by atoms with Crippen LogP contribution in [-0.2, 0) is 21.7 Å². The zero-order valence-corrected chi connectivity index (χ0v) is 52.3. The summed E-state index contributed by atoms with van der Waals surface area (Å²) in [6, 6.07) is 77.3. The van der Waals surface area contributed by atoms with Gasteiger partial charge in [-0.1, -0.05) is 229 Å². The van der Waals surface area contributed by atoms with Crippen LogP contribution in [-0.4, -0.2) is 0 Å². The summed E-state index contributed by atoms with van der Waals surface area (Å²) < 4.78 is 36.8. The van der Waals surface area contributed by atoms with E-state index in [2.05, 4.69) is 253 Å². The molecule has 0 unspecified atom stereocenters. The molecule has 0 aliphatic carbocycles. The van der Waals surface area contributed by atoms with Gasteiger partial charge >= 0.3 is 0 Å². The van der Waals surface area contributed by atoms with E-state index in [1.807, 2.05) is 46.2 Å². The topological polar surface area (TPSA) is 54.1 Å². The molecule has 0 radical (unpaired) electrons. The van der Waals surface area contributed by atoms with E-state index in [-0.39, 0.29) is 21.7 Å². The standard InChI is InChI=1S/C82H72F2N4/c1-79(2,3)61-31-19-53(20-32-61)59-45-69(55-23-35-63(36-24-55)81(7,8)9)77(71(83)47-59)87(65-17-13-15-51(43-65)49-85)73-41-29-57-28-40-68-74(42-30-58-27-39-67(73)75(57)76(58)68)88(66-18-14-16-52(44-66)50-86)78-70(56-25-37-64(38-26-56)82(10,11)12)46-60(48-72(78)84)54-21-33-62(34-22-54)80(4,5)6/h13-48H,1-12H3. The van der Waals surface area contributed by atoms with E-state index < -0.39 is 11.6 Å². The van der Waals surface area contributed by atoms with E-state index in [0.29, 0.717) is 56.4 Å². The molecule has 0 aliphatic heterocycles. The van der Waals surface area contributed by atoms with Crippen molar-refractivity contribution in [3.63, 3.8) is 0 Å². The predicted molar refractivity (Wildman–Crippen MR) is 365 cm³/mol. The highest BCUT2D eigenvalue weighted by molar-refractivity contribution is 6.28. The Balaban J connectivity index is 1.12. The van der Waals surface area contributed by atoms with Gasteiger partial charge in [0.15, 0.2) is 0 Å². The minimum atomic E-state index is -0.434. The molecule has 0 fully saturated rings. The van der Waals surface area contributed by atoms with Crippen molar-refractivity contribution >= 4 is 66.4 Å². The summed E-state index contributed by atoms with van der Waals surface area (Å²) in [6.45, 7) is 26.3. The lowest BCUT2D eigenvalue weighted by molar-refractivity contribution is 0.590. The number of benzene rings is 12. The van der Waals surface area contributed by atoms with Gasteiger partial charge in [0.2, 0.25) is 0 Å². The average molecular weight is 1150 g/mol. The largest absolute Gasteiger partial charge is 0.306 e. The molecule has 0 N–H and O–H groups in total. The number of nitrogens with zero attached hydrogens (tertiary/aromatic N) is 4. The summed E-state index contributed by atoms with van der Waals surface area (Å²) in [7, 11) is 0. The van der Waals surface area contributed by atoms with E-state index in [4.69, 9.17) is 0 Å². The predicted octanol–water partition coefficient (Wildman–Crippen LogP) is 23.4. The van der Waals surface area contributed by atoms with Crippen LogP contribution in [0.3, 0.4) is 0 Å². The SMILES string of the molecule is CC(C)(C)c1ccc(-c2cc(F)c(N(c3cccc(C#N)c3)c3ccc4ccc5c(N(c6cccc(C#N)c6)c6c(F)cc(-c7ccc(C(C)(C)C)cc7)cc6-c6ccc(C(C)(C)C)cc6)ccc6ccc3c4c65)c(-c3ccc(C(C)(C)C)cc3)c2)cc1. The van der Waals surface area contributed by atoms with Crippen LogP contribution in [0.15, 0.2) is 218 Å². The Kier molecular flexibility index (Phi) is 14.7. The molecule has 0 heterocycles. The molecule has 0 spiro atoms. The molecule has 0 saturated heterocycles. The molecule has 4 nitrogen and oxygen atoms in total. The smallest absolute Gasteiger partial charge is 0.148 e. The summed E-state index contributed by atoms with van der Waals surface area (Å²) in [5, 5.41) is 26.4. The van der Waals surface area contributed by atoms with Crippen molar-refractivity contribution in [2.45, 2.75) is 105 Å². The van der Waals surface area contributed by atoms with Crippen molar-refractivity contribution in [2.75, 3.05) is 9.80 Å². The van der Waals surface area contributed by atoms with Crippen LogP contribution in [0.25, 0.3) is 76.8 Å². The van der Waals surface area contributed by atoms with Gasteiger partial charge in [0.05, 0.1) is 46.0 Å². The maximum absolute atomic E-state index is 18.4. The van der Waals surface area contributed by atoms with Gasteiger partial charge in [0.1, 0.15) is 11.6 Å². The number of halogens is 2. The van der Waals surface area contributed by atoms with Crippen molar-refractivity contribution < 1.29 is 8.78 Å². The monoisotopic (exact) mass is 1150 g/mol. The van der Waals surface area contributed by atoms with Gasteiger partial charge in [-0.05, 0) is 172 Å². The second kappa shape index (κ2) is 22.1. The highest BCUT2D eigenvalue weighted by atomic mass is 19.1. The van der Waals surface area contributed by atoms with Gasteiger partial charge in [-0.25, -0.2) is 8.78 Å². The number of anilines is 6. The maximum Gasteiger partial charge on any atom is 0.148 e. The molecular weight excluding hydrogens is 1080 g/mol. The third-order valence-electron chi connectivity index (χ3n) is 17.4. The molecule has 0 atom stereocenters. The van der Waals surface area contributed by atoms with E-state index in [1.165, 1.54) is 11.1 Å². The molecule has 0 aromatic heterocycles. The van der Waals surface area contributed by atoms with E-state index >= 15 is 8.78 Å². The minimum Gasteiger partial charge on any atom is -0.306 e. The Morgan fingerprint density at radius 1 is 0.318 bits per heavy atom. The summed E-state index contributed by atoms with van der Waals surface area (Å²) in [6.07, 6.45) is 0. The van der Waals surface area contributed by atoms with Crippen LogP contribution in [0.5, 0.6) is 0 Å². The fourth-order valence-corrected chi connectivity index (χ4v) is 12.4. The molecule has 12 aromatic rings.